The molecular weight excluding hydrogens is 282 g/mol. The van der Waals surface area contributed by atoms with E-state index < -0.39 is 5.41 Å². The number of amides is 1. The summed E-state index contributed by atoms with van der Waals surface area (Å²) in [6, 6.07) is 3.12. The number of hydrogen-bond donors (Lipinski definition) is 2. The molecule has 0 bridgehead atoms. The Morgan fingerprint density at radius 3 is 2.55 bits per heavy atom. The second kappa shape index (κ2) is 7.21. The molecule has 0 saturated heterocycles. The van der Waals surface area contributed by atoms with Gasteiger partial charge in [-0.3, -0.25) is 4.79 Å². The molecule has 0 saturated carbocycles. The van der Waals surface area contributed by atoms with E-state index in [1.54, 1.807) is 26.8 Å². The molecule has 0 fully saturated rings. The minimum Gasteiger partial charge on any atom is -0.370 e. The minimum atomic E-state index is -0.566. The number of carbonyl (C=O) groups excluding carboxylic acids is 2. The van der Waals surface area contributed by atoms with Gasteiger partial charge in [0.25, 0.3) is 5.91 Å². The molecular formula is C13H18ClN3O3. The summed E-state index contributed by atoms with van der Waals surface area (Å²) in [5.74, 6) is -0.672. The molecule has 1 heterocycles. The molecule has 1 aromatic rings. The monoisotopic (exact) mass is 299 g/mol. The average Bonchev–Trinajstić information content (AvgIpc) is 2.37. The molecule has 1 amide bonds. The first kappa shape index (κ1) is 16.4. The molecule has 110 valence electrons. The van der Waals surface area contributed by atoms with E-state index in [0.29, 0.717) is 18.1 Å². The predicted molar refractivity (Wildman–Crippen MR) is 75.1 cm³/mol. The van der Waals surface area contributed by atoms with Crippen LogP contribution in [-0.2, 0) is 9.63 Å². The maximum atomic E-state index is 11.7. The lowest BCUT2D eigenvalue weighted by Gasteiger charge is -2.16. The third kappa shape index (κ3) is 5.54. The number of nitrogens with zero attached hydrogens (tertiary/aromatic N) is 1. The molecule has 1 rings (SSSR count). The summed E-state index contributed by atoms with van der Waals surface area (Å²) in [7, 11) is 0. The maximum Gasteiger partial charge on any atom is 0.329 e. The van der Waals surface area contributed by atoms with Gasteiger partial charge in [0.2, 0.25) is 0 Å². The van der Waals surface area contributed by atoms with E-state index in [-0.39, 0.29) is 17.6 Å². The number of carbonyl (C=O) groups is 2. The molecule has 7 heteroatoms. The molecule has 20 heavy (non-hydrogen) atoms. The summed E-state index contributed by atoms with van der Waals surface area (Å²) < 4.78 is 0. The summed E-state index contributed by atoms with van der Waals surface area (Å²) in [5.41, 5.74) is 2.21. The van der Waals surface area contributed by atoms with Gasteiger partial charge in [-0.15, -0.1) is 0 Å². The number of hydrogen-bond acceptors (Lipinski definition) is 5. The molecule has 0 aliphatic heterocycles. The van der Waals surface area contributed by atoms with Crippen LogP contribution in [0, 0.1) is 5.41 Å². The maximum absolute atomic E-state index is 11.7. The van der Waals surface area contributed by atoms with Crippen molar-refractivity contribution in [3.05, 3.63) is 29.0 Å². The Hall–Kier alpha value is -1.66. The molecule has 0 spiro atoms. The third-order valence-electron chi connectivity index (χ3n) is 2.25. The lowest BCUT2D eigenvalue weighted by atomic mass is 9.98. The predicted octanol–water partition coefficient (Wildman–Crippen LogP) is 1.56. The Kier molecular flexibility index (Phi) is 5.91. The molecule has 6 nitrogen and oxygen atoms in total. The van der Waals surface area contributed by atoms with Crippen LogP contribution in [-0.4, -0.2) is 29.9 Å². The van der Waals surface area contributed by atoms with Crippen molar-refractivity contribution in [2.24, 2.45) is 5.41 Å². The molecule has 0 aromatic carbocycles. The van der Waals surface area contributed by atoms with E-state index in [1.807, 2.05) is 0 Å². The van der Waals surface area contributed by atoms with Gasteiger partial charge in [0.15, 0.2) is 0 Å². The Balaban J connectivity index is 2.23. The van der Waals surface area contributed by atoms with E-state index >= 15 is 0 Å². The Labute approximate surface area is 122 Å². The molecule has 0 aliphatic rings. The first-order chi connectivity index (χ1) is 9.30. The van der Waals surface area contributed by atoms with E-state index in [0.717, 1.165) is 0 Å². The molecule has 0 unspecified atom stereocenters. The molecule has 0 aliphatic carbocycles. The fourth-order valence-corrected chi connectivity index (χ4v) is 1.21. The van der Waals surface area contributed by atoms with Gasteiger partial charge in [-0.05, 0) is 32.9 Å². The van der Waals surface area contributed by atoms with Crippen LogP contribution >= 0.6 is 11.6 Å². The largest absolute Gasteiger partial charge is 0.370 e. The van der Waals surface area contributed by atoms with Crippen molar-refractivity contribution in [1.29, 1.82) is 0 Å². The Bertz CT molecular complexity index is 469. The van der Waals surface area contributed by atoms with Crippen molar-refractivity contribution in [2.75, 3.05) is 13.1 Å². The van der Waals surface area contributed by atoms with Crippen LogP contribution in [0.15, 0.2) is 18.3 Å². The van der Waals surface area contributed by atoms with Crippen LogP contribution in [0.5, 0.6) is 0 Å². The number of rotatable bonds is 5. The molecule has 0 atom stereocenters. The SMILES string of the molecule is CC(C)(C)C(=O)ONCCNC(=O)c1ccc(Cl)cn1. The van der Waals surface area contributed by atoms with E-state index in [9.17, 15) is 9.59 Å². The van der Waals surface area contributed by atoms with Crippen LogP contribution < -0.4 is 10.8 Å². The lowest BCUT2D eigenvalue weighted by molar-refractivity contribution is -0.160. The molecule has 0 radical (unpaired) electrons. The van der Waals surface area contributed by atoms with Crippen molar-refractivity contribution in [3.8, 4) is 0 Å². The number of hydroxylamine groups is 1. The first-order valence-corrected chi connectivity index (χ1v) is 6.52. The van der Waals surface area contributed by atoms with Crippen molar-refractivity contribution in [1.82, 2.24) is 15.8 Å². The summed E-state index contributed by atoms with van der Waals surface area (Å²) >= 11 is 5.68. The standard InChI is InChI=1S/C13H18ClN3O3/c1-13(2,3)12(19)20-17-7-6-15-11(18)10-5-4-9(14)8-16-10/h4-5,8,17H,6-7H2,1-3H3,(H,15,18). The summed E-state index contributed by atoms with van der Waals surface area (Å²) in [6.07, 6.45) is 1.40. The highest BCUT2D eigenvalue weighted by molar-refractivity contribution is 6.30. The van der Waals surface area contributed by atoms with Crippen molar-refractivity contribution in [2.45, 2.75) is 20.8 Å². The van der Waals surface area contributed by atoms with Gasteiger partial charge in [0, 0.05) is 19.3 Å². The quantitative estimate of drug-likeness (QED) is 0.637. The van der Waals surface area contributed by atoms with Crippen molar-refractivity contribution >= 4 is 23.5 Å². The highest BCUT2D eigenvalue weighted by Gasteiger charge is 2.23. The number of nitrogens with one attached hydrogen (secondary N) is 2. The fourth-order valence-electron chi connectivity index (χ4n) is 1.10. The van der Waals surface area contributed by atoms with E-state index in [2.05, 4.69) is 15.8 Å². The number of aromatic nitrogens is 1. The van der Waals surface area contributed by atoms with E-state index in [1.165, 1.54) is 12.3 Å². The van der Waals surface area contributed by atoms with Gasteiger partial charge in [0.1, 0.15) is 5.69 Å². The van der Waals surface area contributed by atoms with E-state index in [4.69, 9.17) is 16.4 Å². The smallest absolute Gasteiger partial charge is 0.329 e. The summed E-state index contributed by atoms with van der Waals surface area (Å²) in [5, 5.41) is 3.10. The van der Waals surface area contributed by atoms with Gasteiger partial charge in [-0.1, -0.05) is 11.6 Å². The van der Waals surface area contributed by atoms with Gasteiger partial charge in [-0.2, -0.15) is 5.48 Å². The van der Waals surface area contributed by atoms with Crippen molar-refractivity contribution in [3.63, 3.8) is 0 Å². The number of pyridine rings is 1. The highest BCUT2D eigenvalue weighted by Crippen LogP contribution is 2.13. The first-order valence-electron chi connectivity index (χ1n) is 6.14. The third-order valence-corrected chi connectivity index (χ3v) is 2.47. The van der Waals surface area contributed by atoms with Crippen LogP contribution in [0.3, 0.4) is 0 Å². The lowest BCUT2D eigenvalue weighted by Crippen LogP contribution is -2.35. The summed E-state index contributed by atoms with van der Waals surface area (Å²) in [6.45, 7) is 5.88. The second-order valence-electron chi connectivity index (χ2n) is 5.15. The van der Waals surface area contributed by atoms with Gasteiger partial charge >= 0.3 is 5.97 Å². The average molecular weight is 300 g/mol. The van der Waals surface area contributed by atoms with Crippen LogP contribution in [0.25, 0.3) is 0 Å². The number of halogens is 1. The zero-order valence-electron chi connectivity index (χ0n) is 11.7. The van der Waals surface area contributed by atoms with Crippen LogP contribution in [0.1, 0.15) is 31.3 Å². The van der Waals surface area contributed by atoms with Crippen LogP contribution in [0.2, 0.25) is 5.02 Å². The Morgan fingerprint density at radius 1 is 1.30 bits per heavy atom. The van der Waals surface area contributed by atoms with Gasteiger partial charge < -0.3 is 10.2 Å². The fraction of sp³-hybridized carbons (Fsp3) is 0.462. The topological polar surface area (TPSA) is 80.3 Å². The summed E-state index contributed by atoms with van der Waals surface area (Å²) in [4.78, 5) is 31.8. The molecule has 1 aromatic heterocycles. The molecule has 2 N–H and O–H groups in total. The Morgan fingerprint density at radius 2 is 2.00 bits per heavy atom. The minimum absolute atomic E-state index is 0.279. The normalized spacial score (nSPS) is 11.0. The van der Waals surface area contributed by atoms with Crippen molar-refractivity contribution < 1.29 is 14.4 Å². The van der Waals surface area contributed by atoms with Crippen LogP contribution in [0.4, 0.5) is 0 Å². The van der Waals surface area contributed by atoms with Gasteiger partial charge in [0.05, 0.1) is 10.4 Å². The van der Waals surface area contributed by atoms with Gasteiger partial charge in [-0.25, -0.2) is 9.78 Å². The zero-order chi connectivity index (χ0) is 15.2. The second-order valence-corrected chi connectivity index (χ2v) is 5.59. The zero-order valence-corrected chi connectivity index (χ0v) is 12.5. The highest BCUT2D eigenvalue weighted by atomic mass is 35.5.